The molecule has 2 saturated heterocycles. The van der Waals surface area contributed by atoms with Crippen molar-refractivity contribution in [1.29, 1.82) is 0 Å². The SMILES string of the molecule is CN(C)C(=O)[C@@]12CN(C(=O)NC3CCCCC3)C[C@@H]1CN(C(=O)c1cnccn1)C2. The molecule has 3 fully saturated rings. The number of hydrogen-bond acceptors (Lipinski definition) is 5. The van der Waals surface area contributed by atoms with Gasteiger partial charge in [-0.3, -0.25) is 14.6 Å². The second kappa shape index (κ2) is 8.20. The van der Waals surface area contributed by atoms with Crippen LogP contribution in [-0.2, 0) is 4.79 Å². The highest BCUT2D eigenvalue weighted by Crippen LogP contribution is 2.44. The minimum Gasteiger partial charge on any atom is -0.348 e. The van der Waals surface area contributed by atoms with Crippen LogP contribution in [0.3, 0.4) is 0 Å². The quantitative estimate of drug-likeness (QED) is 0.795. The summed E-state index contributed by atoms with van der Waals surface area (Å²) in [6.45, 7) is 1.53. The molecule has 0 aromatic carbocycles. The molecule has 1 aliphatic carbocycles. The van der Waals surface area contributed by atoms with Gasteiger partial charge in [0.15, 0.2) is 0 Å². The summed E-state index contributed by atoms with van der Waals surface area (Å²) in [6, 6.07) is 0.135. The van der Waals surface area contributed by atoms with Crippen LogP contribution >= 0.6 is 0 Å². The Balaban J connectivity index is 1.49. The molecule has 3 heterocycles. The minimum absolute atomic E-state index is 0.0325. The summed E-state index contributed by atoms with van der Waals surface area (Å²) >= 11 is 0. The predicted octanol–water partition coefficient (Wildman–Crippen LogP) is 0.981. The van der Waals surface area contributed by atoms with Crippen LogP contribution in [0.4, 0.5) is 4.79 Å². The zero-order valence-electron chi connectivity index (χ0n) is 17.7. The number of fused-ring (bicyclic) bond motifs is 1. The fourth-order valence-corrected chi connectivity index (χ4v) is 5.21. The van der Waals surface area contributed by atoms with Gasteiger partial charge in [0.2, 0.25) is 5.91 Å². The van der Waals surface area contributed by atoms with Crippen molar-refractivity contribution < 1.29 is 14.4 Å². The molecular weight excluding hydrogens is 384 g/mol. The average Bonchev–Trinajstić information content (AvgIpc) is 3.29. The topological polar surface area (TPSA) is 98.7 Å². The van der Waals surface area contributed by atoms with Gasteiger partial charge in [0.05, 0.1) is 11.6 Å². The Morgan fingerprint density at radius 1 is 1.07 bits per heavy atom. The number of nitrogens with one attached hydrogen (secondary N) is 1. The van der Waals surface area contributed by atoms with Crippen molar-refractivity contribution in [2.24, 2.45) is 11.3 Å². The molecule has 9 nitrogen and oxygen atoms in total. The summed E-state index contributed by atoms with van der Waals surface area (Å²) < 4.78 is 0. The minimum atomic E-state index is -0.773. The van der Waals surface area contributed by atoms with Crippen LogP contribution in [0.25, 0.3) is 0 Å². The summed E-state index contributed by atoms with van der Waals surface area (Å²) in [4.78, 5) is 52.1. The van der Waals surface area contributed by atoms with Crippen molar-refractivity contribution >= 4 is 17.8 Å². The van der Waals surface area contributed by atoms with E-state index in [1.807, 2.05) is 0 Å². The first-order valence-electron chi connectivity index (χ1n) is 10.7. The highest BCUT2D eigenvalue weighted by atomic mass is 16.2. The number of carbonyl (C=O) groups excluding carboxylic acids is 3. The molecule has 0 bridgehead atoms. The number of likely N-dealkylation sites (tertiary alicyclic amines) is 2. The normalized spacial score (nSPS) is 26.4. The molecule has 30 heavy (non-hydrogen) atoms. The molecule has 162 valence electrons. The highest BCUT2D eigenvalue weighted by molar-refractivity contribution is 5.94. The number of nitrogens with zero attached hydrogens (tertiary/aromatic N) is 5. The summed E-state index contributed by atoms with van der Waals surface area (Å²) in [6.07, 6.45) is 10.0. The first-order chi connectivity index (χ1) is 14.4. The van der Waals surface area contributed by atoms with Crippen molar-refractivity contribution in [2.45, 2.75) is 38.1 Å². The number of aromatic nitrogens is 2. The number of urea groups is 1. The summed E-state index contributed by atoms with van der Waals surface area (Å²) in [5, 5.41) is 3.16. The smallest absolute Gasteiger partial charge is 0.317 e. The summed E-state index contributed by atoms with van der Waals surface area (Å²) in [5.74, 6) is -0.346. The van der Waals surface area contributed by atoms with E-state index in [-0.39, 0.29) is 42.0 Å². The van der Waals surface area contributed by atoms with Gasteiger partial charge in [-0.15, -0.1) is 0 Å². The maximum Gasteiger partial charge on any atom is 0.317 e. The summed E-state index contributed by atoms with van der Waals surface area (Å²) in [7, 11) is 3.46. The van der Waals surface area contributed by atoms with E-state index in [0.717, 1.165) is 25.7 Å². The molecule has 2 aliphatic heterocycles. The number of hydrogen-bond donors (Lipinski definition) is 1. The van der Waals surface area contributed by atoms with Crippen LogP contribution in [0, 0.1) is 11.3 Å². The van der Waals surface area contributed by atoms with Crippen molar-refractivity contribution in [1.82, 2.24) is 30.0 Å². The molecule has 1 aromatic heterocycles. The monoisotopic (exact) mass is 414 g/mol. The Bertz CT molecular complexity index is 810. The second-order valence-corrected chi connectivity index (χ2v) is 8.99. The number of rotatable bonds is 3. The Labute approximate surface area is 176 Å². The standard InChI is InChI=1S/C21H30N6O3/c1-25(2)19(29)21-13-26(18(28)17-10-22-8-9-23-17)11-15(21)12-27(14-21)20(30)24-16-6-4-3-5-7-16/h8-10,15-16H,3-7,11-14H2,1-2H3,(H,24,30)/t15-,21-/m0/s1. The van der Waals surface area contributed by atoms with E-state index in [1.54, 1.807) is 28.8 Å². The lowest BCUT2D eigenvalue weighted by atomic mass is 9.80. The van der Waals surface area contributed by atoms with E-state index in [9.17, 15) is 14.4 Å². The zero-order chi connectivity index (χ0) is 21.3. The molecule has 3 aliphatic rings. The molecule has 1 saturated carbocycles. The molecule has 1 aromatic rings. The van der Waals surface area contributed by atoms with Crippen LogP contribution in [0.5, 0.6) is 0 Å². The van der Waals surface area contributed by atoms with Crippen LogP contribution < -0.4 is 5.32 Å². The molecule has 0 radical (unpaired) electrons. The number of amides is 4. The Morgan fingerprint density at radius 3 is 2.43 bits per heavy atom. The van der Waals surface area contributed by atoms with E-state index < -0.39 is 5.41 Å². The van der Waals surface area contributed by atoms with Crippen LogP contribution in [0.1, 0.15) is 42.6 Å². The van der Waals surface area contributed by atoms with Crippen LogP contribution in [-0.4, -0.2) is 88.8 Å². The first-order valence-corrected chi connectivity index (χ1v) is 10.7. The van der Waals surface area contributed by atoms with Gasteiger partial charge in [-0.2, -0.15) is 0 Å². The van der Waals surface area contributed by atoms with Crippen molar-refractivity contribution in [3.05, 3.63) is 24.3 Å². The molecule has 2 atom stereocenters. The Kier molecular flexibility index (Phi) is 5.62. The van der Waals surface area contributed by atoms with Gasteiger partial charge in [0.1, 0.15) is 5.69 Å². The second-order valence-electron chi connectivity index (χ2n) is 8.99. The largest absolute Gasteiger partial charge is 0.348 e. The fourth-order valence-electron chi connectivity index (χ4n) is 5.21. The third-order valence-corrected chi connectivity index (χ3v) is 6.73. The van der Waals surface area contributed by atoms with E-state index in [2.05, 4.69) is 15.3 Å². The van der Waals surface area contributed by atoms with Gasteiger partial charge in [0.25, 0.3) is 5.91 Å². The van der Waals surface area contributed by atoms with Crippen LogP contribution in [0.2, 0.25) is 0 Å². The van der Waals surface area contributed by atoms with Gasteiger partial charge < -0.3 is 20.0 Å². The lowest BCUT2D eigenvalue weighted by Crippen LogP contribution is -2.50. The van der Waals surface area contributed by atoms with Gasteiger partial charge in [0, 0.05) is 64.6 Å². The van der Waals surface area contributed by atoms with Gasteiger partial charge in [-0.05, 0) is 12.8 Å². The third-order valence-electron chi connectivity index (χ3n) is 6.73. The maximum atomic E-state index is 13.2. The number of carbonyl (C=O) groups is 3. The Morgan fingerprint density at radius 2 is 1.77 bits per heavy atom. The van der Waals surface area contributed by atoms with Crippen LogP contribution in [0.15, 0.2) is 18.6 Å². The lowest BCUT2D eigenvalue weighted by Gasteiger charge is -2.31. The highest BCUT2D eigenvalue weighted by Gasteiger charge is 2.59. The molecule has 1 N–H and O–H groups in total. The average molecular weight is 415 g/mol. The molecular formula is C21H30N6O3. The lowest BCUT2D eigenvalue weighted by molar-refractivity contribution is -0.139. The van der Waals surface area contributed by atoms with E-state index >= 15 is 0 Å². The Hall–Kier alpha value is -2.71. The van der Waals surface area contributed by atoms with Crippen molar-refractivity contribution in [3.63, 3.8) is 0 Å². The van der Waals surface area contributed by atoms with E-state index in [0.29, 0.717) is 19.6 Å². The van der Waals surface area contributed by atoms with Gasteiger partial charge in [-0.25, -0.2) is 9.78 Å². The zero-order valence-corrected chi connectivity index (χ0v) is 17.7. The third kappa shape index (κ3) is 3.73. The van der Waals surface area contributed by atoms with Crippen molar-refractivity contribution in [3.8, 4) is 0 Å². The van der Waals surface area contributed by atoms with E-state index in [1.165, 1.54) is 25.0 Å². The maximum absolute atomic E-state index is 13.2. The predicted molar refractivity (Wildman–Crippen MR) is 110 cm³/mol. The molecule has 0 unspecified atom stereocenters. The van der Waals surface area contributed by atoms with Gasteiger partial charge in [-0.1, -0.05) is 19.3 Å². The molecule has 4 rings (SSSR count). The fraction of sp³-hybridized carbons (Fsp3) is 0.667. The van der Waals surface area contributed by atoms with Gasteiger partial charge >= 0.3 is 6.03 Å². The molecule has 9 heteroatoms. The molecule has 0 spiro atoms. The first kappa shape index (κ1) is 20.6. The summed E-state index contributed by atoms with van der Waals surface area (Å²) in [5.41, 5.74) is -0.498. The van der Waals surface area contributed by atoms with Crippen molar-refractivity contribution in [2.75, 3.05) is 40.3 Å². The van der Waals surface area contributed by atoms with E-state index in [4.69, 9.17) is 0 Å². The molecule has 4 amide bonds.